The first kappa shape index (κ1) is 17.2. The molecule has 0 saturated heterocycles. The molecule has 0 saturated carbocycles. The van der Waals surface area contributed by atoms with Crippen LogP contribution in [0, 0.1) is 0 Å². The minimum Gasteiger partial charge on any atom is -0.497 e. The van der Waals surface area contributed by atoms with Crippen LogP contribution in [0.2, 0.25) is 0 Å². The van der Waals surface area contributed by atoms with E-state index in [0.717, 1.165) is 23.6 Å². The third-order valence-corrected chi connectivity index (χ3v) is 5.02. The van der Waals surface area contributed by atoms with E-state index in [1.165, 1.54) is 22.3 Å². The Morgan fingerprint density at radius 3 is 2.07 bits per heavy atom. The number of ether oxygens (including phenoxy) is 2. The third kappa shape index (κ3) is 3.68. The molecule has 0 bridgehead atoms. The third-order valence-electron chi connectivity index (χ3n) is 5.02. The van der Waals surface area contributed by atoms with Gasteiger partial charge in [-0.05, 0) is 65.1 Å². The zero-order valence-electron chi connectivity index (χ0n) is 15.6. The van der Waals surface area contributed by atoms with Gasteiger partial charge in [0, 0.05) is 5.69 Å². The number of nitrogens with one attached hydrogen (secondary N) is 1. The first-order valence-corrected chi connectivity index (χ1v) is 9.11. The highest BCUT2D eigenvalue weighted by Crippen LogP contribution is 2.37. The van der Waals surface area contributed by atoms with E-state index >= 15 is 0 Å². The summed E-state index contributed by atoms with van der Waals surface area (Å²) < 4.78 is 10.6. The van der Waals surface area contributed by atoms with Gasteiger partial charge in [0.1, 0.15) is 11.5 Å². The Kier molecular flexibility index (Phi) is 4.84. The van der Waals surface area contributed by atoms with Gasteiger partial charge in [0.05, 0.1) is 20.3 Å². The maximum atomic E-state index is 5.31. The topological polar surface area (TPSA) is 30.5 Å². The predicted octanol–water partition coefficient (Wildman–Crippen LogP) is 5.80. The van der Waals surface area contributed by atoms with Gasteiger partial charge in [0.25, 0.3) is 0 Å². The zero-order chi connectivity index (χ0) is 18.6. The van der Waals surface area contributed by atoms with Crippen molar-refractivity contribution in [2.45, 2.75) is 12.5 Å². The molecular weight excluding hydrogens is 334 g/mol. The Morgan fingerprint density at radius 2 is 1.41 bits per heavy atom. The summed E-state index contributed by atoms with van der Waals surface area (Å²) in [6.07, 6.45) is 3.18. The molecule has 1 heterocycles. The zero-order valence-corrected chi connectivity index (χ0v) is 15.6. The minimum absolute atomic E-state index is 0.188. The van der Waals surface area contributed by atoms with E-state index in [1.54, 1.807) is 14.2 Å². The number of hydrogen-bond donors (Lipinski definition) is 1. The largest absolute Gasteiger partial charge is 0.497 e. The van der Waals surface area contributed by atoms with Crippen molar-refractivity contribution in [1.82, 2.24) is 0 Å². The van der Waals surface area contributed by atoms with Gasteiger partial charge >= 0.3 is 0 Å². The highest BCUT2D eigenvalue weighted by atomic mass is 16.5. The van der Waals surface area contributed by atoms with Crippen LogP contribution < -0.4 is 14.8 Å². The molecular formula is C24H23NO2. The molecule has 0 amide bonds. The summed E-state index contributed by atoms with van der Waals surface area (Å²) in [5.41, 5.74) is 6.12. The van der Waals surface area contributed by atoms with E-state index in [4.69, 9.17) is 9.47 Å². The molecule has 136 valence electrons. The number of hydrogen-bond acceptors (Lipinski definition) is 3. The number of anilines is 1. The van der Waals surface area contributed by atoms with Crippen molar-refractivity contribution < 1.29 is 9.47 Å². The second kappa shape index (κ2) is 7.58. The molecule has 0 unspecified atom stereocenters. The molecule has 3 heteroatoms. The molecule has 0 spiro atoms. The highest BCUT2D eigenvalue weighted by Gasteiger charge is 2.19. The Labute approximate surface area is 160 Å². The first-order chi connectivity index (χ1) is 13.3. The lowest BCUT2D eigenvalue weighted by atomic mass is 9.94. The van der Waals surface area contributed by atoms with Crippen molar-refractivity contribution in [2.75, 3.05) is 19.5 Å². The van der Waals surface area contributed by atoms with Crippen molar-refractivity contribution in [1.29, 1.82) is 0 Å². The summed E-state index contributed by atoms with van der Waals surface area (Å²) in [5, 5.41) is 3.72. The fourth-order valence-electron chi connectivity index (χ4n) is 3.50. The molecule has 1 aliphatic heterocycles. The van der Waals surface area contributed by atoms with Crippen molar-refractivity contribution in [3.05, 3.63) is 89.5 Å². The highest BCUT2D eigenvalue weighted by molar-refractivity contribution is 5.87. The summed E-state index contributed by atoms with van der Waals surface area (Å²) in [4.78, 5) is 0. The van der Waals surface area contributed by atoms with E-state index in [9.17, 15) is 0 Å². The molecule has 0 fully saturated rings. The average Bonchev–Trinajstić information content (AvgIpc) is 2.93. The summed E-state index contributed by atoms with van der Waals surface area (Å²) in [7, 11) is 3.39. The predicted molar refractivity (Wildman–Crippen MR) is 111 cm³/mol. The second-order valence-electron chi connectivity index (χ2n) is 6.66. The van der Waals surface area contributed by atoms with Crippen LogP contribution in [0.1, 0.15) is 29.2 Å². The van der Waals surface area contributed by atoms with Crippen molar-refractivity contribution in [2.24, 2.45) is 0 Å². The summed E-state index contributed by atoms with van der Waals surface area (Å²) in [6.45, 7) is 0. The lowest BCUT2D eigenvalue weighted by Gasteiger charge is -2.20. The normalized spacial score (nSPS) is 15.8. The van der Waals surface area contributed by atoms with Gasteiger partial charge in [-0.1, -0.05) is 42.5 Å². The average molecular weight is 357 g/mol. The number of benzene rings is 3. The van der Waals surface area contributed by atoms with Crippen LogP contribution in [0.5, 0.6) is 11.5 Å². The van der Waals surface area contributed by atoms with E-state index in [1.807, 2.05) is 24.3 Å². The van der Waals surface area contributed by atoms with Crippen LogP contribution in [0.3, 0.4) is 0 Å². The SMILES string of the molecule is COc1ccc(C2=Cc3ccccc3N[C@H](c3ccc(OC)cc3)C2)cc1. The Balaban J connectivity index is 1.73. The van der Waals surface area contributed by atoms with Crippen molar-refractivity contribution in [3.63, 3.8) is 0 Å². The van der Waals surface area contributed by atoms with Crippen LogP contribution >= 0.6 is 0 Å². The first-order valence-electron chi connectivity index (χ1n) is 9.11. The van der Waals surface area contributed by atoms with E-state index in [2.05, 4.69) is 59.9 Å². The molecule has 27 heavy (non-hydrogen) atoms. The van der Waals surface area contributed by atoms with Crippen LogP contribution in [-0.4, -0.2) is 14.2 Å². The quantitative estimate of drug-likeness (QED) is 0.640. The number of rotatable bonds is 4. The lowest BCUT2D eigenvalue weighted by molar-refractivity contribution is 0.414. The molecule has 1 N–H and O–H groups in total. The molecule has 3 aromatic carbocycles. The van der Waals surface area contributed by atoms with Crippen LogP contribution in [0.25, 0.3) is 11.6 Å². The molecule has 0 aromatic heterocycles. The maximum Gasteiger partial charge on any atom is 0.118 e. The molecule has 1 atom stereocenters. The van der Waals surface area contributed by atoms with Crippen molar-refractivity contribution >= 4 is 17.3 Å². The summed E-state index contributed by atoms with van der Waals surface area (Å²) in [5.74, 6) is 1.75. The fraction of sp³-hybridized carbons (Fsp3) is 0.167. The molecule has 0 aliphatic carbocycles. The summed E-state index contributed by atoms with van der Waals surface area (Å²) >= 11 is 0. The van der Waals surface area contributed by atoms with Gasteiger partial charge in [-0.25, -0.2) is 0 Å². The molecule has 0 radical (unpaired) electrons. The van der Waals surface area contributed by atoms with E-state index < -0.39 is 0 Å². The van der Waals surface area contributed by atoms with E-state index in [-0.39, 0.29) is 6.04 Å². The Morgan fingerprint density at radius 1 is 0.778 bits per heavy atom. The Hall–Kier alpha value is -3.20. The van der Waals surface area contributed by atoms with E-state index in [0.29, 0.717) is 0 Å². The van der Waals surface area contributed by atoms with Gasteiger partial charge in [-0.3, -0.25) is 0 Å². The van der Waals surface area contributed by atoms with Gasteiger partial charge in [-0.15, -0.1) is 0 Å². The second-order valence-corrected chi connectivity index (χ2v) is 6.66. The van der Waals surface area contributed by atoms with Gasteiger partial charge in [-0.2, -0.15) is 0 Å². The molecule has 4 rings (SSSR count). The van der Waals surface area contributed by atoms with Crippen molar-refractivity contribution in [3.8, 4) is 11.5 Å². The Bertz CT molecular complexity index is 943. The molecule has 3 nitrogen and oxygen atoms in total. The fourth-order valence-corrected chi connectivity index (χ4v) is 3.50. The number of para-hydroxylation sites is 1. The minimum atomic E-state index is 0.188. The number of fused-ring (bicyclic) bond motifs is 1. The lowest BCUT2D eigenvalue weighted by Crippen LogP contribution is -2.10. The summed E-state index contributed by atoms with van der Waals surface area (Å²) in [6, 6.07) is 25.2. The molecule has 1 aliphatic rings. The number of methoxy groups -OCH3 is 2. The van der Waals surface area contributed by atoms with Crippen LogP contribution in [0.15, 0.2) is 72.8 Å². The molecule has 3 aromatic rings. The van der Waals surface area contributed by atoms with Gasteiger partial charge in [0.15, 0.2) is 0 Å². The maximum absolute atomic E-state index is 5.31. The monoisotopic (exact) mass is 357 g/mol. The van der Waals surface area contributed by atoms with Gasteiger partial charge < -0.3 is 14.8 Å². The van der Waals surface area contributed by atoms with Gasteiger partial charge in [0.2, 0.25) is 0 Å². The van der Waals surface area contributed by atoms with Crippen LogP contribution in [0.4, 0.5) is 5.69 Å². The van der Waals surface area contributed by atoms with Crippen LogP contribution in [-0.2, 0) is 0 Å². The standard InChI is InChI=1S/C24H23NO2/c1-26-21-11-7-17(8-12-21)20-15-19-5-3-4-6-23(19)25-24(16-20)18-9-13-22(27-2)14-10-18/h3-15,24-25H,16H2,1-2H3/t24-/m0/s1. The smallest absolute Gasteiger partial charge is 0.118 e.